The Morgan fingerprint density at radius 1 is 1.31 bits per heavy atom. The van der Waals surface area contributed by atoms with Gasteiger partial charge in [-0.1, -0.05) is 13.3 Å². The molecule has 0 aromatic heterocycles. The molecule has 0 aromatic carbocycles. The van der Waals surface area contributed by atoms with E-state index >= 15 is 0 Å². The Hall–Kier alpha value is -0.120. The van der Waals surface area contributed by atoms with Crippen molar-refractivity contribution in [3.63, 3.8) is 0 Å². The first-order valence-electron chi connectivity index (χ1n) is 6.91. The Bertz CT molecular complexity index is 146. The predicted molar refractivity (Wildman–Crippen MR) is 68.9 cm³/mol. The molecule has 1 saturated heterocycles. The number of hydrogen-bond donors (Lipinski definition) is 1. The van der Waals surface area contributed by atoms with E-state index in [2.05, 4.69) is 24.1 Å². The van der Waals surface area contributed by atoms with E-state index in [0.717, 1.165) is 38.9 Å². The van der Waals surface area contributed by atoms with Crippen LogP contribution in [0.4, 0.5) is 0 Å². The van der Waals surface area contributed by atoms with Crippen molar-refractivity contribution in [3.8, 4) is 0 Å². The monoisotopic (exact) mass is 228 g/mol. The van der Waals surface area contributed by atoms with Crippen LogP contribution in [-0.4, -0.2) is 50.3 Å². The molecule has 1 unspecified atom stereocenters. The molecular weight excluding hydrogens is 200 g/mol. The van der Waals surface area contributed by atoms with Crippen LogP contribution >= 0.6 is 0 Å². The molecule has 0 radical (unpaired) electrons. The van der Waals surface area contributed by atoms with E-state index in [1.807, 2.05) is 0 Å². The smallest absolute Gasteiger partial charge is 0.0593 e. The number of ether oxygens (including phenoxy) is 1. The Kier molecular flexibility index (Phi) is 7.81. The first kappa shape index (κ1) is 13.9. The summed E-state index contributed by atoms with van der Waals surface area (Å²) in [6.07, 6.45) is 5.33. The lowest BCUT2D eigenvalue weighted by Gasteiger charge is -2.35. The molecule has 0 aromatic rings. The molecule has 3 nitrogen and oxygen atoms in total. The van der Waals surface area contributed by atoms with Crippen molar-refractivity contribution in [2.75, 3.05) is 39.4 Å². The fourth-order valence-corrected chi connectivity index (χ4v) is 2.36. The van der Waals surface area contributed by atoms with E-state index < -0.39 is 0 Å². The Morgan fingerprint density at radius 3 is 2.94 bits per heavy atom. The van der Waals surface area contributed by atoms with Crippen LogP contribution < -0.4 is 5.32 Å². The Morgan fingerprint density at radius 2 is 2.19 bits per heavy atom. The zero-order valence-electron chi connectivity index (χ0n) is 11.0. The van der Waals surface area contributed by atoms with Gasteiger partial charge in [0.25, 0.3) is 0 Å². The number of piperidine rings is 1. The van der Waals surface area contributed by atoms with Gasteiger partial charge >= 0.3 is 0 Å². The first-order chi connectivity index (χ1) is 7.88. The second kappa shape index (κ2) is 8.97. The van der Waals surface area contributed by atoms with E-state index in [9.17, 15) is 0 Å². The molecule has 1 rings (SSSR count). The van der Waals surface area contributed by atoms with Gasteiger partial charge in [-0.2, -0.15) is 0 Å². The Labute approximate surface area is 101 Å². The van der Waals surface area contributed by atoms with Crippen LogP contribution in [0.1, 0.15) is 39.5 Å². The highest BCUT2D eigenvalue weighted by Crippen LogP contribution is 2.15. The van der Waals surface area contributed by atoms with Crippen LogP contribution in [0, 0.1) is 0 Å². The summed E-state index contributed by atoms with van der Waals surface area (Å²) in [4.78, 5) is 2.60. The van der Waals surface area contributed by atoms with Gasteiger partial charge in [0.15, 0.2) is 0 Å². The highest BCUT2D eigenvalue weighted by Gasteiger charge is 2.21. The normalized spacial score (nSPS) is 22.5. The van der Waals surface area contributed by atoms with Gasteiger partial charge in [-0.05, 0) is 39.3 Å². The fraction of sp³-hybridized carbons (Fsp3) is 1.00. The molecule has 16 heavy (non-hydrogen) atoms. The summed E-state index contributed by atoms with van der Waals surface area (Å²) in [7, 11) is 0. The molecule has 0 amide bonds. The molecule has 1 atom stereocenters. The topological polar surface area (TPSA) is 24.5 Å². The third-order valence-corrected chi connectivity index (χ3v) is 3.28. The van der Waals surface area contributed by atoms with E-state index in [1.54, 1.807) is 0 Å². The molecule has 0 bridgehead atoms. The minimum absolute atomic E-state index is 0.737. The summed E-state index contributed by atoms with van der Waals surface area (Å²) < 4.78 is 5.45. The van der Waals surface area contributed by atoms with Crippen molar-refractivity contribution in [2.24, 2.45) is 0 Å². The van der Waals surface area contributed by atoms with Gasteiger partial charge in [0, 0.05) is 25.7 Å². The molecule has 0 aliphatic carbocycles. The van der Waals surface area contributed by atoms with Crippen LogP contribution in [0.5, 0.6) is 0 Å². The number of nitrogens with one attached hydrogen (secondary N) is 1. The molecule has 1 aliphatic rings. The number of likely N-dealkylation sites (tertiary alicyclic amines) is 1. The molecule has 1 N–H and O–H groups in total. The van der Waals surface area contributed by atoms with Gasteiger partial charge in [0.2, 0.25) is 0 Å². The number of hydrogen-bond acceptors (Lipinski definition) is 3. The summed E-state index contributed by atoms with van der Waals surface area (Å²) in [6, 6.07) is 0.737. The second-order valence-corrected chi connectivity index (χ2v) is 4.59. The van der Waals surface area contributed by atoms with E-state index in [-0.39, 0.29) is 0 Å². The predicted octanol–water partition coefficient (Wildman–Crippen LogP) is 1.88. The summed E-state index contributed by atoms with van der Waals surface area (Å²) in [5.74, 6) is 0. The van der Waals surface area contributed by atoms with Crippen molar-refractivity contribution in [1.29, 1.82) is 0 Å². The average molecular weight is 228 g/mol. The van der Waals surface area contributed by atoms with E-state index in [1.165, 1.54) is 32.2 Å². The lowest BCUT2D eigenvalue weighted by atomic mass is 10.0. The Balaban J connectivity index is 2.20. The van der Waals surface area contributed by atoms with E-state index in [0.29, 0.717) is 0 Å². The highest BCUT2D eigenvalue weighted by atomic mass is 16.5. The van der Waals surface area contributed by atoms with Gasteiger partial charge in [-0.3, -0.25) is 4.90 Å². The SMILES string of the molecule is CCCNCC1CCCCN1CCOCC. The quantitative estimate of drug-likeness (QED) is 0.642. The third kappa shape index (κ3) is 5.28. The van der Waals surface area contributed by atoms with Crippen LogP contribution in [0.3, 0.4) is 0 Å². The molecular formula is C13H28N2O. The van der Waals surface area contributed by atoms with Crippen molar-refractivity contribution < 1.29 is 4.74 Å². The summed E-state index contributed by atoms with van der Waals surface area (Å²) in [5, 5.41) is 3.54. The van der Waals surface area contributed by atoms with Crippen LogP contribution in [-0.2, 0) is 4.74 Å². The van der Waals surface area contributed by atoms with Crippen LogP contribution in [0.25, 0.3) is 0 Å². The minimum atomic E-state index is 0.737. The van der Waals surface area contributed by atoms with Crippen LogP contribution in [0.2, 0.25) is 0 Å². The average Bonchev–Trinajstić information content (AvgIpc) is 2.32. The molecule has 0 saturated carbocycles. The number of rotatable bonds is 8. The molecule has 1 heterocycles. The maximum absolute atomic E-state index is 5.45. The summed E-state index contributed by atoms with van der Waals surface area (Å²) in [6.45, 7) is 10.7. The third-order valence-electron chi connectivity index (χ3n) is 3.28. The maximum atomic E-state index is 5.45. The lowest BCUT2D eigenvalue weighted by molar-refractivity contribution is 0.0771. The van der Waals surface area contributed by atoms with Crippen molar-refractivity contribution in [1.82, 2.24) is 10.2 Å². The van der Waals surface area contributed by atoms with Gasteiger partial charge in [0.1, 0.15) is 0 Å². The van der Waals surface area contributed by atoms with Gasteiger partial charge in [-0.25, -0.2) is 0 Å². The van der Waals surface area contributed by atoms with E-state index in [4.69, 9.17) is 4.74 Å². The molecule has 3 heteroatoms. The zero-order chi connectivity index (χ0) is 11.6. The molecule has 1 fully saturated rings. The largest absolute Gasteiger partial charge is 0.380 e. The summed E-state index contributed by atoms with van der Waals surface area (Å²) >= 11 is 0. The molecule has 1 aliphatic heterocycles. The van der Waals surface area contributed by atoms with Crippen molar-refractivity contribution >= 4 is 0 Å². The lowest BCUT2D eigenvalue weighted by Crippen LogP contribution is -2.46. The molecule has 96 valence electrons. The van der Waals surface area contributed by atoms with Crippen molar-refractivity contribution in [2.45, 2.75) is 45.6 Å². The standard InChI is InChI=1S/C13H28N2O/c1-3-8-14-12-13-7-5-6-9-15(13)10-11-16-4-2/h13-14H,3-12H2,1-2H3. The first-order valence-corrected chi connectivity index (χ1v) is 6.91. The fourth-order valence-electron chi connectivity index (χ4n) is 2.36. The van der Waals surface area contributed by atoms with Gasteiger partial charge < -0.3 is 10.1 Å². The zero-order valence-corrected chi connectivity index (χ0v) is 11.0. The minimum Gasteiger partial charge on any atom is -0.380 e. The maximum Gasteiger partial charge on any atom is 0.0593 e. The van der Waals surface area contributed by atoms with Gasteiger partial charge in [-0.15, -0.1) is 0 Å². The van der Waals surface area contributed by atoms with Gasteiger partial charge in [0.05, 0.1) is 6.61 Å². The number of nitrogens with zero attached hydrogens (tertiary/aromatic N) is 1. The van der Waals surface area contributed by atoms with Crippen molar-refractivity contribution in [3.05, 3.63) is 0 Å². The summed E-state index contributed by atoms with van der Waals surface area (Å²) in [5.41, 5.74) is 0. The second-order valence-electron chi connectivity index (χ2n) is 4.59. The van der Waals surface area contributed by atoms with Crippen LogP contribution in [0.15, 0.2) is 0 Å². The molecule has 0 spiro atoms. The highest BCUT2D eigenvalue weighted by molar-refractivity contribution is 4.78.